The molecule has 1 aromatic carbocycles. The van der Waals surface area contributed by atoms with Crippen LogP contribution in [0.25, 0.3) is 0 Å². The van der Waals surface area contributed by atoms with Gasteiger partial charge >= 0.3 is 0 Å². The van der Waals surface area contributed by atoms with Crippen LogP contribution in [0.4, 0.5) is 0 Å². The number of carbonyl (C=O) groups excluding carboxylic acids is 2. The van der Waals surface area contributed by atoms with Crippen molar-refractivity contribution in [3.05, 3.63) is 46.2 Å². The third kappa shape index (κ3) is 4.65. The van der Waals surface area contributed by atoms with Gasteiger partial charge < -0.3 is 4.74 Å². The van der Waals surface area contributed by atoms with E-state index >= 15 is 0 Å². The van der Waals surface area contributed by atoms with Gasteiger partial charge in [0, 0.05) is 18.7 Å². The number of thiophene rings is 1. The molecule has 2 rings (SSSR count). The van der Waals surface area contributed by atoms with E-state index in [4.69, 9.17) is 4.74 Å². The number of hydrogen-bond acceptors (Lipinski definition) is 6. The van der Waals surface area contributed by atoms with Gasteiger partial charge in [0.2, 0.25) is 10.0 Å². The first kappa shape index (κ1) is 20.9. The van der Waals surface area contributed by atoms with E-state index in [-0.39, 0.29) is 29.3 Å². The number of nitrogens with zero attached hydrogens (tertiary/aromatic N) is 1. The number of rotatable bonds is 7. The van der Waals surface area contributed by atoms with Gasteiger partial charge in [-0.15, -0.1) is 11.3 Å². The summed E-state index contributed by atoms with van der Waals surface area (Å²) in [4.78, 5) is 24.6. The molecule has 1 aromatic heterocycles. The topological polar surface area (TPSA) is 105 Å². The highest BCUT2D eigenvalue weighted by Gasteiger charge is 2.26. The van der Waals surface area contributed by atoms with Crippen molar-refractivity contribution in [3.63, 3.8) is 0 Å². The van der Waals surface area contributed by atoms with Gasteiger partial charge in [-0.1, -0.05) is 19.9 Å². The molecule has 0 saturated heterocycles. The van der Waals surface area contributed by atoms with Crippen LogP contribution in [0.1, 0.15) is 33.9 Å². The highest BCUT2D eigenvalue weighted by molar-refractivity contribution is 7.89. The van der Waals surface area contributed by atoms with Gasteiger partial charge in [0.1, 0.15) is 10.6 Å². The molecule has 0 fully saturated rings. The van der Waals surface area contributed by atoms with Crippen molar-refractivity contribution in [1.82, 2.24) is 15.2 Å². The van der Waals surface area contributed by atoms with E-state index in [1.807, 2.05) is 0 Å². The highest BCUT2D eigenvalue weighted by Crippen LogP contribution is 2.27. The van der Waals surface area contributed by atoms with E-state index < -0.39 is 21.8 Å². The molecule has 0 aliphatic rings. The van der Waals surface area contributed by atoms with Crippen LogP contribution in [0.2, 0.25) is 0 Å². The van der Waals surface area contributed by atoms with Crippen molar-refractivity contribution in [3.8, 4) is 5.75 Å². The number of hydrogen-bond donors (Lipinski definition) is 2. The van der Waals surface area contributed by atoms with Crippen LogP contribution in [0, 0.1) is 0 Å². The molecule has 0 saturated carbocycles. The molecule has 1 heterocycles. The Hall–Kier alpha value is -2.43. The molecule has 146 valence electrons. The Morgan fingerprint density at radius 1 is 1.11 bits per heavy atom. The van der Waals surface area contributed by atoms with E-state index in [1.54, 1.807) is 31.4 Å². The van der Waals surface area contributed by atoms with Gasteiger partial charge in [-0.3, -0.25) is 20.4 Å². The average Bonchev–Trinajstić information content (AvgIpc) is 3.21. The molecule has 0 aliphatic heterocycles. The van der Waals surface area contributed by atoms with E-state index in [2.05, 4.69) is 10.9 Å². The smallest absolute Gasteiger partial charge is 0.279 e. The predicted molar refractivity (Wildman–Crippen MR) is 102 cm³/mol. The molecule has 8 nitrogen and oxygen atoms in total. The zero-order chi connectivity index (χ0) is 20.0. The van der Waals surface area contributed by atoms with Crippen LogP contribution >= 0.6 is 11.3 Å². The van der Waals surface area contributed by atoms with Gasteiger partial charge in [0.05, 0.1) is 12.0 Å². The normalized spacial score (nSPS) is 11.3. The molecule has 0 bridgehead atoms. The number of methoxy groups -OCH3 is 1. The number of sulfonamides is 1. The minimum absolute atomic E-state index is 0.0769. The monoisotopic (exact) mass is 411 g/mol. The second kappa shape index (κ2) is 8.98. The molecule has 2 amide bonds. The second-order valence-electron chi connectivity index (χ2n) is 5.34. The Morgan fingerprint density at radius 3 is 2.33 bits per heavy atom. The van der Waals surface area contributed by atoms with Crippen molar-refractivity contribution in [2.45, 2.75) is 18.7 Å². The fourth-order valence-electron chi connectivity index (χ4n) is 2.38. The first-order valence-corrected chi connectivity index (χ1v) is 10.5. The lowest BCUT2D eigenvalue weighted by Crippen LogP contribution is -2.41. The van der Waals surface area contributed by atoms with Crippen LogP contribution < -0.4 is 15.6 Å². The fraction of sp³-hybridized carbons (Fsp3) is 0.294. The molecule has 27 heavy (non-hydrogen) atoms. The Labute approximate surface area is 162 Å². The molecular weight excluding hydrogens is 390 g/mol. The number of carbonyl (C=O) groups is 2. The Balaban J connectivity index is 2.25. The third-order valence-electron chi connectivity index (χ3n) is 3.78. The number of ether oxygens (including phenoxy) is 1. The van der Waals surface area contributed by atoms with Crippen LogP contribution in [-0.4, -0.2) is 44.7 Å². The van der Waals surface area contributed by atoms with Crippen molar-refractivity contribution < 1.29 is 22.7 Å². The van der Waals surface area contributed by atoms with Crippen LogP contribution in [-0.2, 0) is 10.0 Å². The zero-order valence-electron chi connectivity index (χ0n) is 15.2. The summed E-state index contributed by atoms with van der Waals surface area (Å²) in [6.07, 6.45) is 0. The highest BCUT2D eigenvalue weighted by atomic mass is 32.2. The molecular formula is C17H21N3O5S2. The maximum absolute atomic E-state index is 12.8. The summed E-state index contributed by atoms with van der Waals surface area (Å²) in [5.41, 5.74) is 4.65. The van der Waals surface area contributed by atoms with Crippen molar-refractivity contribution in [1.29, 1.82) is 0 Å². The number of amides is 2. The standard InChI is InChI=1S/C17H21N3O5S2/c1-4-20(5-2)27(23,24)15-11-12(8-9-13(15)25-3)16(21)18-19-17(22)14-7-6-10-26-14/h6-11H,4-5H2,1-3H3,(H,18,21)(H,19,22). The summed E-state index contributed by atoms with van der Waals surface area (Å²) in [5.74, 6) is -0.956. The quantitative estimate of drug-likeness (QED) is 0.677. The largest absolute Gasteiger partial charge is 0.495 e. The number of nitrogens with one attached hydrogen (secondary N) is 2. The molecule has 0 unspecified atom stereocenters. The van der Waals surface area contributed by atoms with Gasteiger partial charge in [-0.05, 0) is 29.6 Å². The van der Waals surface area contributed by atoms with Crippen molar-refractivity contribution >= 4 is 33.2 Å². The Bertz CT molecular complexity index is 907. The second-order valence-corrected chi connectivity index (χ2v) is 8.19. The Morgan fingerprint density at radius 2 is 1.78 bits per heavy atom. The maximum Gasteiger partial charge on any atom is 0.279 e. The summed E-state index contributed by atoms with van der Waals surface area (Å²) < 4.78 is 32.0. The molecule has 2 aromatic rings. The Kier molecular flexibility index (Phi) is 6.94. The lowest BCUT2D eigenvalue weighted by atomic mass is 10.2. The summed E-state index contributed by atoms with van der Waals surface area (Å²) >= 11 is 1.23. The molecule has 0 aliphatic carbocycles. The SMILES string of the molecule is CCN(CC)S(=O)(=O)c1cc(C(=O)NNC(=O)c2cccs2)ccc1OC. The van der Waals surface area contributed by atoms with E-state index in [0.29, 0.717) is 4.88 Å². The fourth-order valence-corrected chi connectivity index (χ4v) is 4.64. The summed E-state index contributed by atoms with van der Waals surface area (Å²) in [6, 6.07) is 7.40. The van der Waals surface area contributed by atoms with E-state index in [0.717, 1.165) is 0 Å². The summed E-state index contributed by atoms with van der Waals surface area (Å²) in [6.45, 7) is 4.03. The molecule has 0 radical (unpaired) electrons. The number of hydrazine groups is 1. The van der Waals surface area contributed by atoms with Crippen LogP contribution in [0.15, 0.2) is 40.6 Å². The van der Waals surface area contributed by atoms with Gasteiger partial charge in [0.25, 0.3) is 11.8 Å². The maximum atomic E-state index is 12.8. The number of benzene rings is 1. The molecule has 10 heteroatoms. The van der Waals surface area contributed by atoms with Gasteiger partial charge in [-0.2, -0.15) is 4.31 Å². The van der Waals surface area contributed by atoms with E-state index in [1.165, 1.54) is 41.0 Å². The minimum Gasteiger partial charge on any atom is -0.495 e. The first-order valence-electron chi connectivity index (χ1n) is 8.17. The molecule has 2 N–H and O–H groups in total. The lowest BCUT2D eigenvalue weighted by molar-refractivity contribution is 0.0848. The van der Waals surface area contributed by atoms with Crippen LogP contribution in [0.3, 0.4) is 0 Å². The van der Waals surface area contributed by atoms with Crippen LogP contribution in [0.5, 0.6) is 5.75 Å². The lowest BCUT2D eigenvalue weighted by Gasteiger charge is -2.20. The first-order chi connectivity index (χ1) is 12.8. The summed E-state index contributed by atoms with van der Waals surface area (Å²) in [5, 5.41) is 1.74. The van der Waals surface area contributed by atoms with Crippen molar-refractivity contribution in [2.75, 3.05) is 20.2 Å². The zero-order valence-corrected chi connectivity index (χ0v) is 16.8. The van der Waals surface area contributed by atoms with Gasteiger partial charge in [-0.25, -0.2) is 8.42 Å². The minimum atomic E-state index is -3.82. The summed E-state index contributed by atoms with van der Waals surface area (Å²) in [7, 11) is -2.47. The molecule has 0 atom stereocenters. The third-order valence-corrected chi connectivity index (χ3v) is 6.72. The molecule has 0 spiro atoms. The van der Waals surface area contributed by atoms with E-state index in [9.17, 15) is 18.0 Å². The predicted octanol–water partition coefficient (Wildman–Crippen LogP) is 1.86. The van der Waals surface area contributed by atoms with Gasteiger partial charge in [0.15, 0.2) is 0 Å². The average molecular weight is 412 g/mol. The van der Waals surface area contributed by atoms with Crippen molar-refractivity contribution in [2.24, 2.45) is 0 Å².